The summed E-state index contributed by atoms with van der Waals surface area (Å²) in [5, 5.41) is 0. The first-order valence-corrected chi connectivity index (χ1v) is 17.8. The molecule has 2 N–H and O–H groups in total. The number of aromatic nitrogens is 2. The fraction of sp³-hybridized carbons (Fsp3) is 0.571. The van der Waals surface area contributed by atoms with Crippen molar-refractivity contribution in [3.05, 3.63) is 48.0 Å². The number of pyridine rings is 2. The molecule has 0 spiro atoms. The topological polar surface area (TPSA) is 206 Å². The Hall–Kier alpha value is -3.10. The van der Waals surface area contributed by atoms with Gasteiger partial charge in [0.15, 0.2) is 24.8 Å². The summed E-state index contributed by atoms with van der Waals surface area (Å²) in [7, 11) is -8.37. The summed E-state index contributed by atoms with van der Waals surface area (Å²) in [5.41, 5.74) is 0.721. The van der Waals surface area contributed by atoms with Gasteiger partial charge in [-0.1, -0.05) is 0 Å². The number of cyclic esters (lactones) is 2. The van der Waals surface area contributed by atoms with E-state index in [9.17, 15) is 26.4 Å². The van der Waals surface area contributed by atoms with E-state index in [4.69, 9.17) is 37.5 Å². The second-order valence-electron chi connectivity index (χ2n) is 10.0. The van der Waals surface area contributed by atoms with Gasteiger partial charge < -0.3 is 28.4 Å². The average molecular weight is 693 g/mol. The first kappa shape index (κ1) is 37.4. The maximum absolute atomic E-state index is 13.3. The second-order valence-corrected chi connectivity index (χ2v) is 13.2. The summed E-state index contributed by atoms with van der Waals surface area (Å²) in [6, 6.07) is 3.13. The van der Waals surface area contributed by atoms with Crippen LogP contribution in [0.25, 0.3) is 11.1 Å². The van der Waals surface area contributed by atoms with Gasteiger partial charge in [-0.3, -0.25) is 9.11 Å². The van der Waals surface area contributed by atoms with Crippen molar-refractivity contribution in [2.45, 2.75) is 25.9 Å². The van der Waals surface area contributed by atoms with Gasteiger partial charge in [-0.2, -0.15) is 16.8 Å². The first-order chi connectivity index (χ1) is 21.9. The molecule has 0 aromatic carbocycles. The molecule has 0 amide bonds. The Bertz CT molecular complexity index is 1400. The van der Waals surface area contributed by atoms with Crippen LogP contribution >= 0.6 is 0 Å². The molecule has 3 heterocycles. The summed E-state index contributed by atoms with van der Waals surface area (Å²) in [6.07, 6.45) is 6.20. The van der Waals surface area contributed by atoms with Crippen molar-refractivity contribution in [3.8, 4) is 11.1 Å². The van der Waals surface area contributed by atoms with Crippen molar-refractivity contribution in [1.29, 1.82) is 0 Å². The fourth-order valence-corrected chi connectivity index (χ4v) is 5.30. The highest BCUT2D eigenvalue weighted by molar-refractivity contribution is 7.86. The molecule has 256 valence electrons. The molecule has 3 rings (SSSR count). The Morgan fingerprint density at radius 1 is 0.543 bits per heavy atom. The third kappa shape index (κ3) is 14.1. The summed E-state index contributed by atoms with van der Waals surface area (Å²) < 4.78 is 98.7. The van der Waals surface area contributed by atoms with Gasteiger partial charge in [-0.15, -0.1) is 0 Å². The minimum atomic E-state index is -4.18. The smallest absolute Gasteiger partial charge is 0.344 e. The number of esters is 2. The van der Waals surface area contributed by atoms with E-state index in [1.54, 1.807) is 33.7 Å². The van der Waals surface area contributed by atoms with Gasteiger partial charge in [0.2, 0.25) is 0 Å². The van der Waals surface area contributed by atoms with Crippen molar-refractivity contribution in [1.82, 2.24) is 0 Å². The third-order valence-corrected chi connectivity index (χ3v) is 8.05. The summed E-state index contributed by atoms with van der Waals surface area (Å²) in [6.45, 7) is 2.17. The molecule has 0 aliphatic carbocycles. The third-order valence-electron chi connectivity index (χ3n) is 6.44. The summed E-state index contributed by atoms with van der Waals surface area (Å²) >= 11 is 0. The zero-order valence-electron chi connectivity index (χ0n) is 25.3. The largest absolute Gasteiger partial charge is 0.459 e. The van der Waals surface area contributed by atoms with Crippen molar-refractivity contribution in [2.24, 2.45) is 0 Å². The van der Waals surface area contributed by atoms with Crippen LogP contribution in [0.3, 0.4) is 0 Å². The minimum Gasteiger partial charge on any atom is -0.459 e. The molecule has 2 aromatic heterocycles. The molecule has 0 atom stereocenters. The molecule has 2 aromatic rings. The highest BCUT2D eigenvalue weighted by Gasteiger charge is 2.26. The lowest BCUT2D eigenvalue weighted by Gasteiger charge is -2.13. The highest BCUT2D eigenvalue weighted by Crippen LogP contribution is 2.27. The van der Waals surface area contributed by atoms with Crippen LogP contribution in [0, 0.1) is 0 Å². The van der Waals surface area contributed by atoms with Crippen LogP contribution in [0.15, 0.2) is 36.9 Å². The predicted octanol–water partition coefficient (Wildman–Crippen LogP) is -0.122. The molecular weight excluding hydrogens is 652 g/mol. The van der Waals surface area contributed by atoms with Crippen molar-refractivity contribution in [2.75, 3.05) is 77.6 Å². The SMILES string of the molecule is O=C1OCCOCCOCCOCCOCCOC(=O)c2c[n+](CCCS(=O)(=O)O)ccc2-c2cc[n+](CCCS(=O)(=O)O)cc21. The van der Waals surface area contributed by atoms with E-state index in [2.05, 4.69) is 0 Å². The normalized spacial score (nSPS) is 17.0. The lowest BCUT2D eigenvalue weighted by molar-refractivity contribution is -0.697. The molecule has 46 heavy (non-hydrogen) atoms. The monoisotopic (exact) mass is 692 g/mol. The Morgan fingerprint density at radius 2 is 0.870 bits per heavy atom. The molecule has 0 radical (unpaired) electrons. The molecule has 0 unspecified atom stereocenters. The van der Waals surface area contributed by atoms with Gasteiger partial charge in [0.25, 0.3) is 20.2 Å². The fourth-order valence-electron chi connectivity index (χ4n) is 4.31. The van der Waals surface area contributed by atoms with E-state index in [1.807, 2.05) is 0 Å². The number of hydrogen-bond donors (Lipinski definition) is 2. The van der Waals surface area contributed by atoms with Crippen molar-refractivity contribution >= 4 is 32.2 Å². The maximum atomic E-state index is 13.3. The standard InChI is InChI=1S/C28H38N2O14S2/c31-27-25-21-29(5-1-19-45(33,34)35)7-3-23(25)24-4-8-30(6-2-20-46(36,37)38)22-26(24)28(32)44-18-16-42-14-12-40-10-9-39-11-13-41-15-17-43-27/h3-4,7-8,21-22H,1-2,5-6,9-20H2/p+2. The Morgan fingerprint density at radius 3 is 1.20 bits per heavy atom. The number of hydrogen-bond acceptors (Lipinski definition) is 12. The van der Waals surface area contributed by atoms with Crippen LogP contribution in [-0.4, -0.2) is 115 Å². The number of fused-ring (bicyclic) bond motifs is 3. The zero-order chi connectivity index (χ0) is 33.4. The summed E-state index contributed by atoms with van der Waals surface area (Å²) in [5.74, 6) is -2.44. The molecular formula is C28H40N2O14S2+2. The maximum Gasteiger partial charge on any atom is 0.344 e. The lowest BCUT2D eigenvalue weighted by Crippen LogP contribution is -2.36. The molecule has 0 saturated carbocycles. The van der Waals surface area contributed by atoms with Gasteiger partial charge >= 0.3 is 11.9 Å². The van der Waals surface area contributed by atoms with Crippen LogP contribution < -0.4 is 9.13 Å². The molecule has 0 bridgehead atoms. The molecule has 1 aliphatic rings. The molecule has 0 fully saturated rings. The van der Waals surface area contributed by atoms with Crippen LogP contribution in [0.4, 0.5) is 0 Å². The number of carbonyl (C=O) groups excluding carboxylic acids is 2. The van der Waals surface area contributed by atoms with Crippen LogP contribution in [0.2, 0.25) is 0 Å². The van der Waals surface area contributed by atoms with E-state index in [0.717, 1.165) is 0 Å². The van der Waals surface area contributed by atoms with Crippen molar-refractivity contribution < 1.29 is 73.1 Å². The number of nitrogens with zero attached hydrogens (tertiary/aromatic N) is 2. The van der Waals surface area contributed by atoms with E-state index in [1.165, 1.54) is 12.4 Å². The molecule has 0 saturated heterocycles. The summed E-state index contributed by atoms with van der Waals surface area (Å²) in [4.78, 5) is 26.7. The van der Waals surface area contributed by atoms with Gasteiger partial charge in [0.1, 0.15) is 37.4 Å². The second kappa shape index (κ2) is 18.9. The number of ether oxygens (including phenoxy) is 6. The van der Waals surface area contributed by atoms with E-state index >= 15 is 0 Å². The number of aryl methyl sites for hydroxylation is 2. The van der Waals surface area contributed by atoms with Gasteiger partial charge in [-0.25, -0.2) is 18.7 Å². The number of rotatable bonds is 8. The zero-order valence-corrected chi connectivity index (χ0v) is 26.9. The Labute approximate surface area is 267 Å². The quantitative estimate of drug-likeness (QED) is 0.210. The van der Waals surface area contributed by atoms with Gasteiger partial charge in [0.05, 0.1) is 64.4 Å². The van der Waals surface area contributed by atoms with E-state index in [-0.39, 0.29) is 76.7 Å². The van der Waals surface area contributed by atoms with Crippen LogP contribution in [0.1, 0.15) is 33.6 Å². The van der Waals surface area contributed by atoms with Crippen molar-refractivity contribution in [3.63, 3.8) is 0 Å². The molecule has 1 aliphatic heterocycles. The Balaban J connectivity index is 1.95. The Kier molecular flexibility index (Phi) is 15.3. The number of carbonyl (C=O) groups is 2. The predicted molar refractivity (Wildman–Crippen MR) is 158 cm³/mol. The first-order valence-electron chi connectivity index (χ1n) is 14.5. The van der Waals surface area contributed by atoms with Gasteiger partial charge in [0, 0.05) is 36.1 Å². The average Bonchev–Trinajstić information content (AvgIpc) is 2.99. The molecule has 18 heteroatoms. The minimum absolute atomic E-state index is 0.0568. The molecule has 16 nitrogen and oxygen atoms in total. The van der Waals surface area contributed by atoms with E-state index < -0.39 is 43.7 Å². The van der Waals surface area contributed by atoms with E-state index in [0.29, 0.717) is 37.6 Å². The highest BCUT2D eigenvalue weighted by atomic mass is 32.2. The van der Waals surface area contributed by atoms with Crippen LogP contribution in [-0.2, 0) is 61.7 Å². The van der Waals surface area contributed by atoms with Crippen LogP contribution in [0.5, 0.6) is 0 Å². The van der Waals surface area contributed by atoms with Gasteiger partial charge in [-0.05, 0) is 0 Å². The lowest BCUT2D eigenvalue weighted by atomic mass is 9.98.